The maximum absolute atomic E-state index is 12.4. The van der Waals surface area contributed by atoms with Crippen LogP contribution in [0.15, 0.2) is 48.5 Å². The fourth-order valence-corrected chi connectivity index (χ4v) is 2.39. The van der Waals surface area contributed by atoms with Crippen LogP contribution in [0.3, 0.4) is 0 Å². The van der Waals surface area contributed by atoms with Gasteiger partial charge in [-0.2, -0.15) is 0 Å². The summed E-state index contributed by atoms with van der Waals surface area (Å²) in [5.74, 6) is 0.600. The lowest BCUT2D eigenvalue weighted by Crippen LogP contribution is -2.29. The number of rotatable bonds is 7. The summed E-state index contributed by atoms with van der Waals surface area (Å²) in [6, 6.07) is 15.4. The van der Waals surface area contributed by atoms with Crippen LogP contribution < -0.4 is 4.74 Å². The van der Waals surface area contributed by atoms with Gasteiger partial charge in [-0.1, -0.05) is 35.9 Å². The standard InChI is InChI=1S/C20H25NO3/c1-15-6-4-7-17(12-15)14-24-19-9-5-8-18(13-19)20(23)21(3)11-10-16(2)22/h4-9,12-13,16,22H,10-11,14H2,1-3H3. The summed E-state index contributed by atoms with van der Waals surface area (Å²) < 4.78 is 5.81. The minimum absolute atomic E-state index is 0.0725. The Morgan fingerprint density at radius 2 is 1.96 bits per heavy atom. The molecular formula is C20H25NO3. The Hall–Kier alpha value is -2.33. The number of aliphatic hydroxyl groups excluding tert-OH is 1. The highest BCUT2D eigenvalue weighted by Gasteiger charge is 2.13. The van der Waals surface area contributed by atoms with Crippen LogP contribution in [0.4, 0.5) is 0 Å². The Morgan fingerprint density at radius 3 is 2.67 bits per heavy atom. The van der Waals surface area contributed by atoms with E-state index < -0.39 is 6.10 Å². The Labute approximate surface area is 143 Å². The Morgan fingerprint density at radius 1 is 1.21 bits per heavy atom. The van der Waals surface area contributed by atoms with Crippen molar-refractivity contribution in [2.45, 2.75) is 33.0 Å². The number of hydrogen-bond donors (Lipinski definition) is 1. The van der Waals surface area contributed by atoms with Gasteiger partial charge < -0.3 is 14.7 Å². The van der Waals surface area contributed by atoms with Crippen LogP contribution >= 0.6 is 0 Å². The first-order valence-corrected chi connectivity index (χ1v) is 8.17. The monoisotopic (exact) mass is 327 g/mol. The molecule has 0 aromatic heterocycles. The molecule has 4 nitrogen and oxygen atoms in total. The van der Waals surface area contributed by atoms with Crippen molar-refractivity contribution in [2.24, 2.45) is 0 Å². The number of ether oxygens (including phenoxy) is 1. The van der Waals surface area contributed by atoms with Crippen molar-refractivity contribution in [3.8, 4) is 5.75 Å². The summed E-state index contributed by atoms with van der Waals surface area (Å²) in [6.45, 7) is 4.76. The first-order chi connectivity index (χ1) is 11.5. The smallest absolute Gasteiger partial charge is 0.253 e. The van der Waals surface area contributed by atoms with Crippen LogP contribution in [0.25, 0.3) is 0 Å². The average molecular weight is 327 g/mol. The van der Waals surface area contributed by atoms with Crippen LogP contribution in [0.2, 0.25) is 0 Å². The molecule has 0 aliphatic carbocycles. The average Bonchev–Trinajstić information content (AvgIpc) is 2.57. The van der Waals surface area contributed by atoms with Crippen LogP contribution in [0.1, 0.15) is 34.8 Å². The third-order valence-electron chi connectivity index (χ3n) is 3.80. The van der Waals surface area contributed by atoms with Crippen molar-refractivity contribution in [1.82, 2.24) is 4.90 Å². The maximum Gasteiger partial charge on any atom is 0.253 e. The van der Waals surface area contributed by atoms with E-state index in [4.69, 9.17) is 4.74 Å². The topological polar surface area (TPSA) is 49.8 Å². The minimum atomic E-state index is -0.413. The van der Waals surface area contributed by atoms with E-state index >= 15 is 0 Å². The van der Waals surface area contributed by atoms with Crippen LogP contribution in [0.5, 0.6) is 5.75 Å². The summed E-state index contributed by atoms with van der Waals surface area (Å²) in [5, 5.41) is 9.34. The number of carbonyl (C=O) groups is 1. The molecule has 0 saturated carbocycles. The maximum atomic E-state index is 12.4. The van der Waals surface area contributed by atoms with Crippen LogP contribution in [0, 0.1) is 6.92 Å². The highest BCUT2D eigenvalue weighted by molar-refractivity contribution is 5.94. The number of amides is 1. The molecule has 0 bridgehead atoms. The molecule has 0 spiro atoms. The lowest BCUT2D eigenvalue weighted by molar-refractivity contribution is 0.0768. The van der Waals surface area contributed by atoms with Gasteiger partial charge in [0.2, 0.25) is 0 Å². The minimum Gasteiger partial charge on any atom is -0.489 e. The molecule has 24 heavy (non-hydrogen) atoms. The third kappa shape index (κ3) is 5.39. The lowest BCUT2D eigenvalue weighted by atomic mass is 10.1. The molecule has 128 valence electrons. The highest BCUT2D eigenvalue weighted by Crippen LogP contribution is 2.17. The quantitative estimate of drug-likeness (QED) is 0.848. The number of aliphatic hydroxyl groups is 1. The molecule has 2 aromatic carbocycles. The molecule has 0 saturated heterocycles. The summed E-state index contributed by atoms with van der Waals surface area (Å²) >= 11 is 0. The van der Waals surface area contributed by atoms with E-state index in [1.54, 1.807) is 31.0 Å². The first kappa shape index (κ1) is 18.0. The molecule has 2 aromatic rings. The zero-order valence-electron chi connectivity index (χ0n) is 14.5. The number of nitrogens with zero attached hydrogens (tertiary/aromatic N) is 1. The van der Waals surface area contributed by atoms with Crippen molar-refractivity contribution in [3.63, 3.8) is 0 Å². The molecule has 0 aliphatic rings. The molecule has 1 N–H and O–H groups in total. The van der Waals surface area contributed by atoms with E-state index in [9.17, 15) is 9.90 Å². The van der Waals surface area contributed by atoms with Crippen molar-refractivity contribution in [3.05, 3.63) is 65.2 Å². The van der Waals surface area contributed by atoms with E-state index in [0.717, 1.165) is 5.56 Å². The SMILES string of the molecule is Cc1cccc(COc2cccc(C(=O)N(C)CCC(C)O)c2)c1. The van der Waals surface area contributed by atoms with E-state index in [-0.39, 0.29) is 5.91 Å². The summed E-state index contributed by atoms with van der Waals surface area (Å²) in [7, 11) is 1.74. The normalized spacial score (nSPS) is 11.8. The summed E-state index contributed by atoms with van der Waals surface area (Å²) in [6.07, 6.45) is 0.149. The Bertz CT molecular complexity index is 682. The molecule has 0 heterocycles. The van der Waals surface area contributed by atoms with Crippen molar-refractivity contribution in [1.29, 1.82) is 0 Å². The predicted octanol–water partition coefficient (Wildman–Crippen LogP) is 3.42. The second-order valence-electron chi connectivity index (χ2n) is 6.17. The number of aryl methyl sites for hydroxylation is 1. The van der Waals surface area contributed by atoms with Crippen molar-refractivity contribution >= 4 is 5.91 Å². The number of hydrogen-bond acceptors (Lipinski definition) is 3. The van der Waals surface area contributed by atoms with Crippen LogP contribution in [-0.4, -0.2) is 35.6 Å². The molecular weight excluding hydrogens is 302 g/mol. The van der Waals surface area contributed by atoms with E-state index in [2.05, 4.69) is 6.07 Å². The Kier molecular flexibility index (Phi) is 6.38. The molecule has 2 rings (SSSR count). The molecule has 1 atom stereocenters. The number of benzene rings is 2. The highest BCUT2D eigenvalue weighted by atomic mass is 16.5. The number of carbonyl (C=O) groups excluding carboxylic acids is 1. The Balaban J connectivity index is 1.99. The van der Waals surface area contributed by atoms with Gasteiger partial charge >= 0.3 is 0 Å². The summed E-state index contributed by atoms with van der Waals surface area (Å²) in [5.41, 5.74) is 2.88. The van der Waals surface area contributed by atoms with Gasteiger partial charge in [0.15, 0.2) is 0 Å². The van der Waals surface area contributed by atoms with E-state index in [0.29, 0.717) is 30.9 Å². The third-order valence-corrected chi connectivity index (χ3v) is 3.80. The molecule has 0 fully saturated rings. The zero-order chi connectivity index (χ0) is 17.5. The fraction of sp³-hybridized carbons (Fsp3) is 0.350. The van der Waals surface area contributed by atoms with Gasteiger partial charge in [-0.05, 0) is 44.0 Å². The molecule has 4 heteroatoms. The fourth-order valence-electron chi connectivity index (χ4n) is 2.39. The van der Waals surface area contributed by atoms with Gasteiger partial charge in [-0.3, -0.25) is 4.79 Å². The molecule has 0 radical (unpaired) electrons. The predicted molar refractivity (Wildman–Crippen MR) is 95.2 cm³/mol. The van der Waals surface area contributed by atoms with Gasteiger partial charge in [0, 0.05) is 19.2 Å². The van der Waals surface area contributed by atoms with Crippen LogP contribution in [-0.2, 0) is 6.61 Å². The van der Waals surface area contributed by atoms with Gasteiger partial charge in [-0.15, -0.1) is 0 Å². The van der Waals surface area contributed by atoms with Gasteiger partial charge in [0.05, 0.1) is 6.10 Å². The zero-order valence-corrected chi connectivity index (χ0v) is 14.5. The lowest BCUT2D eigenvalue weighted by Gasteiger charge is -2.18. The van der Waals surface area contributed by atoms with E-state index in [1.807, 2.05) is 37.3 Å². The van der Waals surface area contributed by atoms with E-state index in [1.165, 1.54) is 5.56 Å². The second kappa shape index (κ2) is 8.50. The first-order valence-electron chi connectivity index (χ1n) is 8.17. The van der Waals surface area contributed by atoms with Gasteiger partial charge in [0.25, 0.3) is 5.91 Å². The largest absolute Gasteiger partial charge is 0.489 e. The molecule has 0 aliphatic heterocycles. The van der Waals surface area contributed by atoms with Gasteiger partial charge in [0.1, 0.15) is 12.4 Å². The second-order valence-corrected chi connectivity index (χ2v) is 6.17. The van der Waals surface area contributed by atoms with Crippen molar-refractivity contribution in [2.75, 3.05) is 13.6 Å². The molecule has 1 amide bonds. The molecule has 1 unspecified atom stereocenters. The van der Waals surface area contributed by atoms with Crippen molar-refractivity contribution < 1.29 is 14.6 Å². The van der Waals surface area contributed by atoms with Gasteiger partial charge in [-0.25, -0.2) is 0 Å². The summed E-state index contributed by atoms with van der Waals surface area (Å²) in [4.78, 5) is 14.0.